The van der Waals surface area contributed by atoms with Crippen LogP contribution < -0.4 is 0 Å². The lowest BCUT2D eigenvalue weighted by molar-refractivity contribution is -0.173. The fraction of sp³-hybridized carbons (Fsp3) is 0.966. The highest BCUT2D eigenvalue weighted by Gasteiger charge is 2.78. The molecule has 0 aromatic carbocycles. The maximum atomic E-state index is 13.6. The molecule has 186 valence electrons. The molecule has 0 radical (unpaired) electrons. The summed E-state index contributed by atoms with van der Waals surface area (Å²) >= 11 is 0. The van der Waals surface area contributed by atoms with E-state index >= 15 is 0 Å². The molecule has 6 fully saturated rings. The molecule has 0 bridgehead atoms. The zero-order valence-corrected chi connectivity index (χ0v) is 21.6. The van der Waals surface area contributed by atoms with Crippen molar-refractivity contribution in [3.8, 4) is 0 Å². The minimum absolute atomic E-state index is 0.0908. The third-order valence-corrected chi connectivity index (χ3v) is 12.7. The van der Waals surface area contributed by atoms with Crippen molar-refractivity contribution in [3.05, 3.63) is 0 Å². The summed E-state index contributed by atoms with van der Waals surface area (Å²) < 4.78 is 6.39. The van der Waals surface area contributed by atoms with Gasteiger partial charge in [0.2, 0.25) is 0 Å². The van der Waals surface area contributed by atoms with Gasteiger partial charge in [0.15, 0.2) is 0 Å². The van der Waals surface area contributed by atoms with Crippen molar-refractivity contribution >= 4 is 5.78 Å². The Hall–Kier alpha value is -0.450. The molecule has 0 unspecified atom stereocenters. The molecule has 4 heteroatoms. The molecule has 2 N–H and O–H groups in total. The number of rotatable bonds is 4. The average Bonchev–Trinajstić information content (AvgIpc) is 3.55. The van der Waals surface area contributed by atoms with Gasteiger partial charge in [0.05, 0.1) is 18.3 Å². The van der Waals surface area contributed by atoms with Crippen LogP contribution in [0.4, 0.5) is 0 Å². The maximum Gasteiger partial charge on any atom is 0.137 e. The molecule has 1 heterocycles. The smallest absolute Gasteiger partial charge is 0.137 e. The second-order valence-electron chi connectivity index (χ2n) is 14.3. The normalized spacial score (nSPS) is 60.0. The molecule has 4 nitrogen and oxygen atoms in total. The number of epoxide rings is 1. The van der Waals surface area contributed by atoms with Crippen LogP contribution in [0, 0.1) is 64.1 Å². The van der Waals surface area contributed by atoms with Gasteiger partial charge in [-0.05, 0) is 84.9 Å². The Morgan fingerprint density at radius 3 is 2.52 bits per heavy atom. The van der Waals surface area contributed by atoms with E-state index in [1.807, 2.05) is 0 Å². The summed E-state index contributed by atoms with van der Waals surface area (Å²) in [4.78, 5) is 13.6. The third kappa shape index (κ3) is 2.84. The number of carbonyl (C=O) groups is 1. The second kappa shape index (κ2) is 7.07. The van der Waals surface area contributed by atoms with Gasteiger partial charge in [0.1, 0.15) is 11.4 Å². The monoisotopic (exact) mass is 458 g/mol. The summed E-state index contributed by atoms with van der Waals surface area (Å²) in [7, 11) is 0. The van der Waals surface area contributed by atoms with Gasteiger partial charge < -0.3 is 14.9 Å². The zero-order chi connectivity index (χ0) is 23.7. The summed E-state index contributed by atoms with van der Waals surface area (Å²) in [6, 6.07) is 0. The summed E-state index contributed by atoms with van der Waals surface area (Å²) in [5, 5.41) is 21.7. The molecule has 1 spiro atoms. The number of Topliss-reactive ketones (excluding diaryl/α,β-unsaturated/α-hetero) is 1. The average molecular weight is 459 g/mol. The molecule has 0 aromatic rings. The number of aliphatic hydroxyl groups excluding tert-OH is 2. The van der Waals surface area contributed by atoms with Crippen LogP contribution in [0.25, 0.3) is 0 Å². The SMILES string of the molecule is CC(C)[C@H]1[C@@H](C)[C@H]1C[C@@H](C)[C@H]1C(=O)C[C@H]2[C@@H]3C[C@@H]4O[C@@]45C[C@@H](O)C[C@@H](O)[C@]5(C)[C@H]3CC[C@]12C. The first-order valence-corrected chi connectivity index (χ1v) is 14.0. The van der Waals surface area contributed by atoms with Gasteiger partial charge in [-0.1, -0.05) is 41.5 Å². The fourth-order valence-corrected chi connectivity index (χ4v) is 11.1. The van der Waals surface area contributed by atoms with Crippen LogP contribution in [-0.2, 0) is 9.53 Å². The minimum atomic E-state index is -0.514. The highest BCUT2D eigenvalue weighted by Crippen LogP contribution is 2.74. The van der Waals surface area contributed by atoms with Crippen molar-refractivity contribution in [3.63, 3.8) is 0 Å². The van der Waals surface area contributed by atoms with E-state index < -0.39 is 12.2 Å². The van der Waals surface area contributed by atoms with Crippen LogP contribution in [0.15, 0.2) is 0 Å². The molecule has 0 amide bonds. The molecule has 6 aliphatic rings. The number of hydrogen-bond donors (Lipinski definition) is 2. The predicted molar refractivity (Wildman–Crippen MR) is 127 cm³/mol. The molecule has 1 saturated heterocycles. The summed E-state index contributed by atoms with van der Waals surface area (Å²) in [6.07, 6.45) is 5.46. The molecule has 5 saturated carbocycles. The maximum absolute atomic E-state index is 13.6. The van der Waals surface area contributed by atoms with Gasteiger partial charge in [0.25, 0.3) is 0 Å². The standard InChI is InChI=1S/C29H46O4/c1-14(2)25-16(4)18(25)9-15(3)26-22(31)12-21-19-11-24-29(33-24)13-17(30)10-23(32)28(29,6)20(19)7-8-27(21,26)5/h14-21,23-26,30,32H,7-13H2,1-6H3/t15-,16+,17+,18-,19-,20+,21+,23-,24+,25+,26+,27+,28+,29+/m1/s1. The van der Waals surface area contributed by atoms with Crippen molar-refractivity contribution in [2.45, 2.75) is 110 Å². The quantitative estimate of drug-likeness (QED) is 0.591. The highest BCUT2D eigenvalue weighted by atomic mass is 16.6. The summed E-state index contributed by atoms with van der Waals surface area (Å²) in [6.45, 7) is 14.2. The minimum Gasteiger partial charge on any atom is -0.393 e. The van der Waals surface area contributed by atoms with Gasteiger partial charge in [-0.15, -0.1) is 0 Å². The lowest BCUT2D eigenvalue weighted by Crippen LogP contribution is -2.64. The first-order chi connectivity index (χ1) is 15.5. The fourth-order valence-electron chi connectivity index (χ4n) is 11.1. The predicted octanol–water partition coefficient (Wildman–Crippen LogP) is 4.85. The van der Waals surface area contributed by atoms with E-state index in [2.05, 4.69) is 41.5 Å². The number of aliphatic hydroxyl groups is 2. The largest absolute Gasteiger partial charge is 0.393 e. The van der Waals surface area contributed by atoms with E-state index in [1.54, 1.807) is 0 Å². The summed E-state index contributed by atoms with van der Waals surface area (Å²) in [5.41, 5.74) is -0.530. The number of ketones is 1. The van der Waals surface area contributed by atoms with Crippen molar-refractivity contribution in [1.29, 1.82) is 0 Å². The molecule has 14 atom stereocenters. The van der Waals surface area contributed by atoms with Crippen LogP contribution in [0.2, 0.25) is 0 Å². The topological polar surface area (TPSA) is 70.1 Å². The van der Waals surface area contributed by atoms with Crippen molar-refractivity contribution in [1.82, 2.24) is 0 Å². The Bertz CT molecular complexity index is 839. The van der Waals surface area contributed by atoms with Gasteiger partial charge in [-0.2, -0.15) is 0 Å². The lowest BCUT2D eigenvalue weighted by atomic mass is 9.43. The van der Waals surface area contributed by atoms with Crippen LogP contribution in [0.3, 0.4) is 0 Å². The van der Waals surface area contributed by atoms with Crippen molar-refractivity contribution in [2.24, 2.45) is 64.1 Å². The number of fused-ring (bicyclic) bond motifs is 4. The molecule has 0 aromatic heterocycles. The molecule has 33 heavy (non-hydrogen) atoms. The highest BCUT2D eigenvalue weighted by molar-refractivity contribution is 5.85. The molecule has 6 rings (SSSR count). The second-order valence-corrected chi connectivity index (χ2v) is 14.3. The van der Waals surface area contributed by atoms with Crippen LogP contribution >= 0.6 is 0 Å². The van der Waals surface area contributed by atoms with E-state index in [9.17, 15) is 15.0 Å². The lowest BCUT2D eigenvalue weighted by Gasteiger charge is -2.60. The van der Waals surface area contributed by atoms with E-state index in [-0.39, 0.29) is 28.5 Å². The first kappa shape index (κ1) is 23.0. The van der Waals surface area contributed by atoms with Crippen molar-refractivity contribution < 1.29 is 19.7 Å². The third-order valence-electron chi connectivity index (χ3n) is 12.7. The van der Waals surface area contributed by atoms with Crippen LogP contribution in [0.1, 0.15) is 86.5 Å². The van der Waals surface area contributed by atoms with E-state index in [0.717, 1.165) is 49.4 Å². The van der Waals surface area contributed by atoms with E-state index in [1.165, 1.54) is 6.42 Å². The Kier molecular flexibility index (Phi) is 4.92. The molecule has 5 aliphatic carbocycles. The number of carbonyl (C=O) groups excluding carboxylic acids is 1. The Morgan fingerprint density at radius 1 is 1.12 bits per heavy atom. The Morgan fingerprint density at radius 2 is 1.85 bits per heavy atom. The number of ether oxygens (including phenoxy) is 1. The molecular formula is C29H46O4. The van der Waals surface area contributed by atoms with Crippen LogP contribution in [0.5, 0.6) is 0 Å². The van der Waals surface area contributed by atoms with Crippen molar-refractivity contribution in [2.75, 3.05) is 0 Å². The van der Waals surface area contributed by atoms with E-state index in [0.29, 0.717) is 42.3 Å². The zero-order valence-electron chi connectivity index (χ0n) is 21.6. The molecule has 1 aliphatic heterocycles. The summed E-state index contributed by atoms with van der Waals surface area (Å²) in [5.74, 6) is 5.65. The Labute approximate surface area is 200 Å². The van der Waals surface area contributed by atoms with Gasteiger partial charge in [0, 0.05) is 24.2 Å². The van der Waals surface area contributed by atoms with Crippen LogP contribution in [-0.4, -0.2) is 39.9 Å². The van der Waals surface area contributed by atoms with Gasteiger partial charge >= 0.3 is 0 Å². The Balaban J connectivity index is 1.25. The van der Waals surface area contributed by atoms with E-state index in [4.69, 9.17) is 4.74 Å². The van der Waals surface area contributed by atoms with Gasteiger partial charge in [-0.3, -0.25) is 4.79 Å². The molecular weight excluding hydrogens is 412 g/mol. The first-order valence-electron chi connectivity index (χ1n) is 14.0. The number of hydrogen-bond acceptors (Lipinski definition) is 4. The van der Waals surface area contributed by atoms with Gasteiger partial charge in [-0.25, -0.2) is 0 Å².